The van der Waals surface area contributed by atoms with Gasteiger partial charge in [-0.1, -0.05) is 69.9 Å². The largest absolute Gasteiger partial charge is 0.337 e. The topological polar surface area (TPSA) is 76.2 Å². The molecule has 0 aromatic heterocycles. The smallest absolute Gasteiger partial charge is 0.334 e. The zero-order valence-corrected chi connectivity index (χ0v) is 19.9. The molecule has 2 fully saturated rings. The second-order valence-electron chi connectivity index (χ2n) is 8.77. The van der Waals surface area contributed by atoms with E-state index in [9.17, 15) is 14.4 Å². The zero-order chi connectivity index (χ0) is 24.0. The van der Waals surface area contributed by atoms with E-state index >= 15 is 0 Å². The molecule has 1 aromatic carbocycles. The Balaban J connectivity index is 1.93. The first kappa shape index (κ1) is 24.6. The van der Waals surface area contributed by atoms with E-state index in [2.05, 4.69) is 18.2 Å². The van der Waals surface area contributed by atoms with Crippen LogP contribution in [-0.2, 0) is 16.1 Å². The third kappa shape index (κ3) is 5.31. The van der Waals surface area contributed by atoms with Crippen molar-refractivity contribution in [3.63, 3.8) is 0 Å². The van der Waals surface area contributed by atoms with E-state index in [4.69, 9.17) is 6.42 Å². The number of hydrogen-bond donors (Lipinski definition) is 1. The van der Waals surface area contributed by atoms with Crippen molar-refractivity contribution in [3.05, 3.63) is 35.9 Å². The van der Waals surface area contributed by atoms with Gasteiger partial charge in [0.25, 0.3) is 0 Å². The summed E-state index contributed by atoms with van der Waals surface area (Å²) >= 11 is 0. The molecule has 2 saturated heterocycles. The number of carbonyl (C=O) groups excluding carboxylic acids is 3. The first-order valence-electron chi connectivity index (χ1n) is 11.8. The SMILES string of the molecule is C#CCN1CC(=O)N2[C@@H](C(C)CC)C(=O)N(CCCC)C[C@@H]2N1C(=O)NCc1ccccc1. The minimum absolute atomic E-state index is 0.0261. The van der Waals surface area contributed by atoms with Gasteiger partial charge in [0.15, 0.2) is 0 Å². The molecule has 1 N–H and O–H groups in total. The summed E-state index contributed by atoms with van der Waals surface area (Å²) in [6, 6.07) is 8.73. The molecule has 8 nitrogen and oxygen atoms in total. The van der Waals surface area contributed by atoms with Crippen molar-refractivity contribution in [2.24, 2.45) is 5.92 Å². The van der Waals surface area contributed by atoms with Crippen molar-refractivity contribution in [3.8, 4) is 12.3 Å². The number of benzene rings is 1. The number of terminal acetylenes is 1. The number of nitrogens with zero attached hydrogens (tertiary/aromatic N) is 4. The van der Waals surface area contributed by atoms with Gasteiger partial charge in [0.05, 0.1) is 19.6 Å². The second-order valence-corrected chi connectivity index (χ2v) is 8.77. The Kier molecular flexibility index (Phi) is 8.34. The van der Waals surface area contributed by atoms with Gasteiger partial charge in [0, 0.05) is 13.1 Å². The maximum Gasteiger partial charge on any atom is 0.334 e. The minimum atomic E-state index is -0.594. The van der Waals surface area contributed by atoms with Gasteiger partial charge >= 0.3 is 6.03 Å². The number of carbonyl (C=O) groups is 3. The van der Waals surface area contributed by atoms with Crippen LogP contribution in [0, 0.1) is 18.3 Å². The van der Waals surface area contributed by atoms with E-state index in [0.717, 1.165) is 24.8 Å². The summed E-state index contributed by atoms with van der Waals surface area (Å²) in [5.41, 5.74) is 0.972. The predicted octanol–water partition coefficient (Wildman–Crippen LogP) is 2.27. The fourth-order valence-corrected chi connectivity index (χ4v) is 4.53. The third-order valence-electron chi connectivity index (χ3n) is 6.49. The van der Waals surface area contributed by atoms with Gasteiger partial charge in [-0.05, 0) is 17.9 Å². The number of hydrazine groups is 1. The van der Waals surface area contributed by atoms with E-state index in [1.54, 1.807) is 14.9 Å². The molecule has 0 aliphatic carbocycles. The fraction of sp³-hybridized carbons (Fsp3) is 0.560. The highest BCUT2D eigenvalue weighted by Crippen LogP contribution is 2.30. The number of urea groups is 1. The molecule has 3 rings (SSSR count). The van der Waals surface area contributed by atoms with Crippen molar-refractivity contribution in [1.82, 2.24) is 25.1 Å². The minimum Gasteiger partial charge on any atom is -0.337 e. The molecule has 0 spiro atoms. The number of fused-ring (bicyclic) bond motifs is 1. The highest BCUT2D eigenvalue weighted by atomic mass is 16.2. The van der Waals surface area contributed by atoms with Crippen LogP contribution in [0.2, 0.25) is 0 Å². The lowest BCUT2D eigenvalue weighted by molar-refractivity contribution is -0.192. The molecule has 1 aromatic rings. The van der Waals surface area contributed by atoms with Crippen LogP contribution in [0.25, 0.3) is 0 Å². The lowest BCUT2D eigenvalue weighted by Gasteiger charge is -2.55. The fourth-order valence-electron chi connectivity index (χ4n) is 4.53. The molecule has 0 saturated carbocycles. The Labute approximate surface area is 196 Å². The van der Waals surface area contributed by atoms with Crippen LogP contribution in [-0.4, -0.2) is 76.0 Å². The number of nitrogens with one attached hydrogen (secondary N) is 1. The molecule has 1 unspecified atom stereocenters. The Morgan fingerprint density at radius 3 is 2.61 bits per heavy atom. The van der Waals surface area contributed by atoms with Crippen molar-refractivity contribution in [1.29, 1.82) is 0 Å². The van der Waals surface area contributed by atoms with Crippen LogP contribution in [0.4, 0.5) is 4.79 Å². The Morgan fingerprint density at radius 1 is 1.24 bits per heavy atom. The first-order chi connectivity index (χ1) is 15.9. The molecule has 0 radical (unpaired) electrons. The molecular formula is C25H35N5O3. The summed E-state index contributed by atoms with van der Waals surface area (Å²) in [5, 5.41) is 6.14. The monoisotopic (exact) mass is 453 g/mol. The average molecular weight is 454 g/mol. The van der Waals surface area contributed by atoms with Gasteiger partial charge in [-0.25, -0.2) is 9.80 Å². The number of piperazine rings is 1. The molecular weight excluding hydrogens is 418 g/mol. The van der Waals surface area contributed by atoms with Crippen molar-refractivity contribution < 1.29 is 14.4 Å². The average Bonchev–Trinajstić information content (AvgIpc) is 2.82. The highest BCUT2D eigenvalue weighted by molar-refractivity contribution is 5.91. The molecule has 8 heteroatoms. The molecule has 2 aliphatic rings. The molecule has 3 atom stereocenters. The van der Waals surface area contributed by atoms with Crippen LogP contribution in [0.3, 0.4) is 0 Å². The van der Waals surface area contributed by atoms with Crippen molar-refractivity contribution >= 4 is 17.8 Å². The lowest BCUT2D eigenvalue weighted by Crippen LogP contribution is -2.77. The summed E-state index contributed by atoms with van der Waals surface area (Å²) in [6.45, 7) is 7.42. The van der Waals surface area contributed by atoms with E-state index in [1.165, 1.54) is 0 Å². The first-order valence-corrected chi connectivity index (χ1v) is 11.8. The summed E-state index contributed by atoms with van der Waals surface area (Å²) in [4.78, 5) is 43.5. The Hall–Kier alpha value is -3.05. The van der Waals surface area contributed by atoms with Crippen LogP contribution in [0.15, 0.2) is 30.3 Å². The third-order valence-corrected chi connectivity index (χ3v) is 6.49. The molecule has 4 amide bonds. The predicted molar refractivity (Wildman–Crippen MR) is 126 cm³/mol. The number of amides is 4. The zero-order valence-electron chi connectivity index (χ0n) is 19.9. The summed E-state index contributed by atoms with van der Waals surface area (Å²) < 4.78 is 0. The van der Waals surface area contributed by atoms with Crippen LogP contribution >= 0.6 is 0 Å². The maximum atomic E-state index is 13.4. The highest BCUT2D eigenvalue weighted by Gasteiger charge is 2.52. The van der Waals surface area contributed by atoms with Gasteiger partial charge in [-0.2, -0.15) is 5.01 Å². The summed E-state index contributed by atoms with van der Waals surface area (Å²) in [6.07, 6.45) is 7.55. The normalized spacial score (nSPS) is 22.1. The summed E-state index contributed by atoms with van der Waals surface area (Å²) in [7, 11) is 0. The summed E-state index contributed by atoms with van der Waals surface area (Å²) in [5.74, 6) is 2.34. The van der Waals surface area contributed by atoms with E-state index in [0.29, 0.717) is 13.1 Å². The van der Waals surface area contributed by atoms with Crippen LogP contribution in [0.1, 0.15) is 45.6 Å². The van der Waals surface area contributed by atoms with Gasteiger partial charge in [0.2, 0.25) is 11.8 Å². The van der Waals surface area contributed by atoms with E-state index in [1.807, 2.05) is 49.1 Å². The second kappa shape index (κ2) is 11.2. The van der Waals surface area contributed by atoms with Gasteiger partial charge in [-0.15, -0.1) is 6.42 Å². The van der Waals surface area contributed by atoms with E-state index < -0.39 is 12.2 Å². The molecule has 33 heavy (non-hydrogen) atoms. The molecule has 0 bridgehead atoms. The maximum absolute atomic E-state index is 13.4. The quantitative estimate of drug-likeness (QED) is 0.613. The lowest BCUT2D eigenvalue weighted by atomic mass is 9.92. The van der Waals surface area contributed by atoms with Crippen molar-refractivity contribution in [2.75, 3.05) is 26.2 Å². The molecule has 2 heterocycles. The van der Waals surface area contributed by atoms with Crippen molar-refractivity contribution in [2.45, 2.75) is 58.8 Å². The van der Waals surface area contributed by atoms with Crippen LogP contribution in [0.5, 0.6) is 0 Å². The standard InChI is InChI=1S/C25H35N5O3/c1-5-8-15-27-17-21-29(23(24(27)32)19(4)7-3)22(31)18-28(14-6-2)30(21)25(33)26-16-20-12-10-9-11-13-20/h2,9-13,19,21,23H,5,7-8,14-18H2,1,3-4H3,(H,26,33)/t19?,21-,23-/m0/s1. The van der Waals surface area contributed by atoms with E-state index in [-0.39, 0.29) is 43.4 Å². The Bertz CT molecular complexity index is 884. The number of unbranched alkanes of at least 4 members (excludes halogenated alkanes) is 1. The van der Waals surface area contributed by atoms with Gasteiger partial charge in [-0.3, -0.25) is 9.59 Å². The Morgan fingerprint density at radius 2 is 1.97 bits per heavy atom. The van der Waals surface area contributed by atoms with Gasteiger partial charge < -0.3 is 15.1 Å². The van der Waals surface area contributed by atoms with Gasteiger partial charge in [0.1, 0.15) is 12.2 Å². The van der Waals surface area contributed by atoms with Crippen LogP contribution < -0.4 is 5.32 Å². The molecule has 2 aliphatic heterocycles. The number of rotatable bonds is 8. The molecule has 178 valence electrons. The number of hydrogen-bond acceptors (Lipinski definition) is 4.